The molecule has 3 heterocycles. The lowest BCUT2D eigenvalue weighted by Crippen LogP contribution is -2.01. The largest absolute Gasteiger partial charge is 0.313 e. The van der Waals surface area contributed by atoms with Crippen LogP contribution in [0.3, 0.4) is 0 Å². The van der Waals surface area contributed by atoms with E-state index in [4.69, 9.17) is 0 Å². The number of rotatable bonds is 5. The summed E-state index contributed by atoms with van der Waals surface area (Å²) in [6.07, 6.45) is 6.55. The highest BCUT2D eigenvalue weighted by Gasteiger charge is 2.17. The summed E-state index contributed by atoms with van der Waals surface area (Å²) < 4.78 is 2.35. The molecule has 3 aromatic heterocycles. The zero-order chi connectivity index (χ0) is 21.2. The molecule has 0 aliphatic heterocycles. The fraction of sp³-hybridized carbons (Fsp3) is 0.0714. The van der Waals surface area contributed by atoms with Crippen molar-refractivity contribution >= 4 is 17.0 Å². The van der Waals surface area contributed by atoms with Crippen molar-refractivity contribution in [2.45, 2.75) is 13.3 Å². The van der Waals surface area contributed by atoms with Crippen molar-refractivity contribution in [2.75, 3.05) is 0 Å². The van der Waals surface area contributed by atoms with Crippen molar-refractivity contribution in [1.29, 1.82) is 0 Å². The van der Waals surface area contributed by atoms with E-state index in [0.29, 0.717) is 0 Å². The van der Waals surface area contributed by atoms with Crippen LogP contribution in [0.25, 0.3) is 45.2 Å². The maximum atomic E-state index is 4.60. The van der Waals surface area contributed by atoms with Crippen LogP contribution in [0.15, 0.2) is 97.8 Å². The number of aromatic nitrogens is 3. The Hall–Kier alpha value is -3.98. The van der Waals surface area contributed by atoms with Crippen LogP contribution in [0, 0.1) is 0 Å². The molecule has 5 rings (SSSR count). The highest BCUT2D eigenvalue weighted by Crippen LogP contribution is 2.34. The molecular weight excluding hydrogens is 378 g/mol. The van der Waals surface area contributed by atoms with Crippen molar-refractivity contribution in [3.05, 3.63) is 109 Å². The first-order valence-corrected chi connectivity index (χ1v) is 10.5. The van der Waals surface area contributed by atoms with Crippen LogP contribution in [-0.4, -0.2) is 14.5 Å². The predicted octanol–water partition coefficient (Wildman–Crippen LogP) is 6.96. The van der Waals surface area contributed by atoms with Gasteiger partial charge >= 0.3 is 0 Å². The summed E-state index contributed by atoms with van der Waals surface area (Å²) in [6, 6.07) is 27.1. The molecule has 0 N–H and O–H groups in total. The van der Waals surface area contributed by atoms with E-state index in [1.165, 1.54) is 22.2 Å². The van der Waals surface area contributed by atoms with Gasteiger partial charge in [0.2, 0.25) is 0 Å². The van der Waals surface area contributed by atoms with Gasteiger partial charge in [-0.3, -0.25) is 9.97 Å². The first-order chi connectivity index (χ1) is 15.3. The molecule has 3 nitrogen and oxygen atoms in total. The summed E-state index contributed by atoms with van der Waals surface area (Å²) in [6.45, 7) is 6.29. The van der Waals surface area contributed by atoms with E-state index in [2.05, 4.69) is 70.5 Å². The Morgan fingerprint density at radius 1 is 0.806 bits per heavy atom. The number of hydrogen-bond acceptors (Lipinski definition) is 2. The first-order valence-electron chi connectivity index (χ1n) is 10.5. The van der Waals surface area contributed by atoms with Gasteiger partial charge < -0.3 is 4.57 Å². The summed E-state index contributed by atoms with van der Waals surface area (Å²) >= 11 is 0. The summed E-state index contributed by atoms with van der Waals surface area (Å²) in [7, 11) is 0. The Morgan fingerprint density at radius 3 is 1.97 bits per heavy atom. The molecule has 150 valence electrons. The molecule has 0 aliphatic rings. The molecule has 0 atom stereocenters. The molecule has 0 spiro atoms. The minimum atomic E-state index is 0.906. The Balaban J connectivity index is 1.84. The quantitative estimate of drug-likeness (QED) is 0.319. The van der Waals surface area contributed by atoms with Crippen molar-refractivity contribution in [2.24, 2.45) is 0 Å². The minimum absolute atomic E-state index is 0.906. The second-order valence-electron chi connectivity index (χ2n) is 7.47. The molecule has 0 saturated carbocycles. The maximum absolute atomic E-state index is 4.60. The van der Waals surface area contributed by atoms with E-state index in [1.807, 2.05) is 54.9 Å². The van der Waals surface area contributed by atoms with E-state index in [1.54, 1.807) is 0 Å². The molecule has 0 radical (unpaired) electrons. The SMILES string of the molecule is C=Cc1c(CC)n(-c2cc(-c3ccccn3)cc(-c3ccccn3)c2)c2ccccc12. The molecule has 0 aliphatic carbocycles. The molecular formula is C28H23N3. The van der Waals surface area contributed by atoms with Gasteiger partial charge in [-0.05, 0) is 55.0 Å². The fourth-order valence-electron chi connectivity index (χ4n) is 4.29. The van der Waals surface area contributed by atoms with Gasteiger partial charge in [-0.2, -0.15) is 0 Å². The molecule has 0 fully saturated rings. The average Bonchev–Trinajstić information content (AvgIpc) is 3.18. The molecule has 2 aromatic carbocycles. The van der Waals surface area contributed by atoms with Gasteiger partial charge in [-0.15, -0.1) is 0 Å². The van der Waals surface area contributed by atoms with Gasteiger partial charge in [0.1, 0.15) is 0 Å². The predicted molar refractivity (Wildman–Crippen MR) is 129 cm³/mol. The van der Waals surface area contributed by atoms with E-state index in [0.717, 1.165) is 34.6 Å². The zero-order valence-electron chi connectivity index (χ0n) is 17.5. The molecule has 0 amide bonds. The van der Waals surface area contributed by atoms with Crippen molar-refractivity contribution in [3.63, 3.8) is 0 Å². The maximum Gasteiger partial charge on any atom is 0.0702 e. The van der Waals surface area contributed by atoms with Gasteiger partial charge in [0.25, 0.3) is 0 Å². The van der Waals surface area contributed by atoms with Crippen molar-refractivity contribution < 1.29 is 0 Å². The zero-order valence-corrected chi connectivity index (χ0v) is 17.5. The number of nitrogens with zero attached hydrogens (tertiary/aromatic N) is 3. The minimum Gasteiger partial charge on any atom is -0.313 e. The molecule has 0 bridgehead atoms. The first kappa shape index (κ1) is 19.0. The lowest BCUT2D eigenvalue weighted by atomic mass is 10.0. The standard InChI is InChI=1S/C28H23N3/c1-3-23-24-11-5-6-14-28(24)31(27(23)4-2)22-18-20(25-12-7-9-15-29-25)17-21(19-22)26-13-8-10-16-30-26/h3,5-19H,1,4H2,2H3. The van der Waals surface area contributed by atoms with Crippen LogP contribution in [0.1, 0.15) is 18.2 Å². The van der Waals surface area contributed by atoms with Crippen LogP contribution in [0.5, 0.6) is 0 Å². The normalized spacial score (nSPS) is 11.0. The number of fused-ring (bicyclic) bond motifs is 1. The summed E-state index contributed by atoms with van der Waals surface area (Å²) in [5, 5.41) is 1.22. The smallest absolute Gasteiger partial charge is 0.0702 e. The van der Waals surface area contributed by atoms with Gasteiger partial charge in [0, 0.05) is 45.9 Å². The second kappa shape index (κ2) is 8.04. The summed E-state index contributed by atoms with van der Waals surface area (Å²) in [5.41, 5.74) is 8.75. The van der Waals surface area contributed by atoms with E-state index in [9.17, 15) is 0 Å². The van der Waals surface area contributed by atoms with Gasteiger partial charge in [0.05, 0.1) is 16.9 Å². The Labute approximate surface area is 182 Å². The topological polar surface area (TPSA) is 30.7 Å². The van der Waals surface area contributed by atoms with E-state index in [-0.39, 0.29) is 0 Å². The number of hydrogen-bond donors (Lipinski definition) is 0. The molecule has 0 saturated heterocycles. The van der Waals surface area contributed by atoms with Crippen molar-refractivity contribution in [3.8, 4) is 28.2 Å². The van der Waals surface area contributed by atoms with E-state index >= 15 is 0 Å². The summed E-state index contributed by atoms with van der Waals surface area (Å²) in [4.78, 5) is 9.20. The Morgan fingerprint density at radius 2 is 1.42 bits per heavy atom. The second-order valence-corrected chi connectivity index (χ2v) is 7.47. The third-order valence-electron chi connectivity index (χ3n) is 5.65. The van der Waals surface area contributed by atoms with Crippen LogP contribution in [0.2, 0.25) is 0 Å². The van der Waals surface area contributed by atoms with Gasteiger partial charge in [0.15, 0.2) is 0 Å². The monoisotopic (exact) mass is 401 g/mol. The number of pyridine rings is 2. The Kier molecular flexibility index (Phi) is 4.93. The summed E-state index contributed by atoms with van der Waals surface area (Å²) in [5.74, 6) is 0. The molecule has 0 unspecified atom stereocenters. The third kappa shape index (κ3) is 3.34. The number of benzene rings is 2. The van der Waals surface area contributed by atoms with Crippen LogP contribution in [0.4, 0.5) is 0 Å². The van der Waals surface area contributed by atoms with Crippen molar-refractivity contribution in [1.82, 2.24) is 14.5 Å². The lowest BCUT2D eigenvalue weighted by molar-refractivity contribution is 0.957. The third-order valence-corrected chi connectivity index (χ3v) is 5.65. The molecule has 3 heteroatoms. The van der Waals surface area contributed by atoms with Gasteiger partial charge in [-0.25, -0.2) is 0 Å². The van der Waals surface area contributed by atoms with Crippen LogP contribution < -0.4 is 0 Å². The molecule has 5 aromatic rings. The fourth-order valence-corrected chi connectivity index (χ4v) is 4.29. The Bertz CT molecular complexity index is 1310. The van der Waals surface area contributed by atoms with Crippen LogP contribution in [-0.2, 0) is 6.42 Å². The molecule has 31 heavy (non-hydrogen) atoms. The lowest BCUT2D eigenvalue weighted by Gasteiger charge is -2.15. The van der Waals surface area contributed by atoms with Gasteiger partial charge in [-0.1, -0.05) is 49.9 Å². The highest BCUT2D eigenvalue weighted by molar-refractivity contribution is 5.93. The highest BCUT2D eigenvalue weighted by atomic mass is 15.0. The van der Waals surface area contributed by atoms with E-state index < -0.39 is 0 Å². The van der Waals surface area contributed by atoms with Crippen LogP contribution >= 0.6 is 0 Å². The number of para-hydroxylation sites is 1. The average molecular weight is 402 g/mol.